The average Bonchev–Trinajstić information content (AvgIpc) is 3.37. The van der Waals surface area contributed by atoms with E-state index >= 15 is 0 Å². The van der Waals surface area contributed by atoms with Gasteiger partial charge in [-0.25, -0.2) is 14.6 Å². The first-order valence-electron chi connectivity index (χ1n) is 8.60. The number of benzene rings is 1. The average molecular weight is 497 g/mol. The maximum atomic E-state index is 4.44. The number of halogens is 1. The smallest absolute Gasteiger partial charge is 0.191 e. The molecule has 3 aromatic rings. The molecule has 0 aliphatic rings. The van der Waals surface area contributed by atoms with Crippen molar-refractivity contribution in [3.63, 3.8) is 0 Å². The summed E-state index contributed by atoms with van der Waals surface area (Å²) in [6.07, 6.45) is 7.13. The van der Waals surface area contributed by atoms with E-state index < -0.39 is 0 Å². The highest BCUT2D eigenvalue weighted by Crippen LogP contribution is 2.13. The Bertz CT molecular complexity index is 828. The summed E-state index contributed by atoms with van der Waals surface area (Å²) in [7, 11) is 1.78. The summed E-state index contributed by atoms with van der Waals surface area (Å²) >= 11 is 1.78. The molecule has 0 atom stereocenters. The molecule has 0 aliphatic heterocycles. The van der Waals surface area contributed by atoms with Crippen molar-refractivity contribution in [1.82, 2.24) is 30.4 Å². The molecule has 27 heavy (non-hydrogen) atoms. The van der Waals surface area contributed by atoms with Crippen molar-refractivity contribution in [3.05, 3.63) is 58.6 Å². The Hall–Kier alpha value is -2.01. The van der Waals surface area contributed by atoms with Crippen LogP contribution in [0.1, 0.15) is 22.4 Å². The van der Waals surface area contributed by atoms with E-state index in [1.165, 1.54) is 16.8 Å². The second kappa shape index (κ2) is 11.0. The molecule has 7 nitrogen and oxygen atoms in total. The molecule has 2 N–H and O–H groups in total. The lowest BCUT2D eigenvalue weighted by Gasteiger charge is -2.11. The molecule has 0 radical (unpaired) electrons. The molecule has 0 saturated carbocycles. The van der Waals surface area contributed by atoms with Gasteiger partial charge in [0.25, 0.3) is 0 Å². The van der Waals surface area contributed by atoms with E-state index in [0.717, 1.165) is 36.0 Å². The van der Waals surface area contributed by atoms with Crippen LogP contribution in [-0.2, 0) is 19.4 Å². The lowest BCUT2D eigenvalue weighted by molar-refractivity contribution is 0.791. The van der Waals surface area contributed by atoms with Crippen LogP contribution in [0.4, 0.5) is 0 Å². The molecule has 0 bridgehead atoms. The molecule has 0 amide bonds. The van der Waals surface area contributed by atoms with Crippen molar-refractivity contribution in [2.24, 2.45) is 4.99 Å². The fourth-order valence-electron chi connectivity index (χ4n) is 2.43. The van der Waals surface area contributed by atoms with Gasteiger partial charge in [0.15, 0.2) is 5.96 Å². The Balaban J connectivity index is 0.00000261. The van der Waals surface area contributed by atoms with Crippen LogP contribution in [0, 0.1) is 0 Å². The number of nitrogens with zero attached hydrogens (tertiary/aromatic N) is 5. The Labute approximate surface area is 180 Å². The van der Waals surface area contributed by atoms with Crippen LogP contribution in [0.3, 0.4) is 0 Å². The number of thiazole rings is 1. The van der Waals surface area contributed by atoms with Crippen molar-refractivity contribution < 1.29 is 0 Å². The SMILES string of the molecule is CCc1cnc(CCNC(=NC)NCc2ccc(-n3cncn3)cc2)s1.I. The Morgan fingerprint density at radius 3 is 2.67 bits per heavy atom. The standard InChI is InChI=1S/C18H23N7S.HI/c1-3-16-11-22-17(26-16)8-9-21-18(19-2)23-10-14-4-6-15(7-5-14)25-13-20-12-24-25;/h4-7,11-13H,3,8-10H2,1-2H3,(H2,19,21,23);1H. The highest BCUT2D eigenvalue weighted by atomic mass is 127. The van der Waals surface area contributed by atoms with Crippen molar-refractivity contribution in [2.75, 3.05) is 13.6 Å². The molecule has 1 aromatic carbocycles. The van der Waals surface area contributed by atoms with Gasteiger partial charge in [-0.1, -0.05) is 19.1 Å². The van der Waals surface area contributed by atoms with Gasteiger partial charge in [-0.2, -0.15) is 5.10 Å². The van der Waals surface area contributed by atoms with Gasteiger partial charge in [0.2, 0.25) is 0 Å². The van der Waals surface area contributed by atoms with Crippen LogP contribution >= 0.6 is 35.3 Å². The summed E-state index contributed by atoms with van der Waals surface area (Å²) in [6.45, 7) is 3.66. The second-order valence-corrected chi connectivity index (χ2v) is 6.88. The maximum Gasteiger partial charge on any atom is 0.191 e. The minimum absolute atomic E-state index is 0. The van der Waals surface area contributed by atoms with E-state index in [9.17, 15) is 0 Å². The zero-order valence-corrected chi connectivity index (χ0v) is 18.6. The van der Waals surface area contributed by atoms with Crippen molar-refractivity contribution >= 4 is 41.3 Å². The lowest BCUT2D eigenvalue weighted by Crippen LogP contribution is -2.37. The zero-order chi connectivity index (χ0) is 18.2. The minimum Gasteiger partial charge on any atom is -0.356 e. The summed E-state index contributed by atoms with van der Waals surface area (Å²) in [5.74, 6) is 0.789. The van der Waals surface area contributed by atoms with Crippen molar-refractivity contribution in [2.45, 2.75) is 26.3 Å². The number of hydrogen-bond acceptors (Lipinski definition) is 5. The monoisotopic (exact) mass is 497 g/mol. The van der Waals surface area contributed by atoms with Gasteiger partial charge in [0.1, 0.15) is 12.7 Å². The lowest BCUT2D eigenvalue weighted by atomic mass is 10.2. The predicted molar refractivity (Wildman–Crippen MR) is 120 cm³/mol. The molecule has 0 fully saturated rings. The molecule has 0 aliphatic carbocycles. The summed E-state index contributed by atoms with van der Waals surface area (Å²) in [4.78, 5) is 14.0. The molecule has 2 aromatic heterocycles. The number of aromatic nitrogens is 4. The molecular formula is C18H24IN7S. The zero-order valence-electron chi connectivity index (χ0n) is 15.4. The molecule has 144 valence electrons. The highest BCUT2D eigenvalue weighted by Gasteiger charge is 2.03. The Morgan fingerprint density at radius 1 is 1.22 bits per heavy atom. The van der Waals surface area contributed by atoms with Gasteiger partial charge in [-0.15, -0.1) is 35.3 Å². The number of rotatable bonds is 7. The number of aliphatic imine (C=N–C) groups is 1. The number of hydrogen-bond donors (Lipinski definition) is 2. The van der Waals surface area contributed by atoms with Crippen LogP contribution in [-0.4, -0.2) is 39.3 Å². The Morgan fingerprint density at radius 2 is 2.04 bits per heavy atom. The third-order valence-electron chi connectivity index (χ3n) is 3.88. The topological polar surface area (TPSA) is 80.0 Å². The van der Waals surface area contributed by atoms with Crippen LogP contribution in [0.15, 0.2) is 48.1 Å². The first-order valence-corrected chi connectivity index (χ1v) is 9.42. The first kappa shape index (κ1) is 21.3. The molecule has 0 unspecified atom stereocenters. The van der Waals surface area contributed by atoms with Crippen LogP contribution in [0.2, 0.25) is 0 Å². The van der Waals surface area contributed by atoms with E-state index in [-0.39, 0.29) is 24.0 Å². The number of nitrogens with one attached hydrogen (secondary N) is 2. The quantitative estimate of drug-likeness (QED) is 0.298. The van der Waals surface area contributed by atoms with Crippen molar-refractivity contribution in [1.29, 1.82) is 0 Å². The van der Waals surface area contributed by atoms with Gasteiger partial charge in [-0.3, -0.25) is 4.99 Å². The van der Waals surface area contributed by atoms with E-state index in [0.29, 0.717) is 6.54 Å². The van der Waals surface area contributed by atoms with E-state index in [4.69, 9.17) is 0 Å². The summed E-state index contributed by atoms with van der Waals surface area (Å²) in [5, 5.41) is 11.9. The highest BCUT2D eigenvalue weighted by molar-refractivity contribution is 14.0. The van der Waals surface area contributed by atoms with Gasteiger partial charge < -0.3 is 10.6 Å². The first-order chi connectivity index (χ1) is 12.8. The largest absolute Gasteiger partial charge is 0.356 e. The van der Waals surface area contributed by atoms with Gasteiger partial charge in [-0.05, 0) is 24.1 Å². The molecule has 9 heteroatoms. The minimum atomic E-state index is 0. The third kappa shape index (κ3) is 6.28. The third-order valence-corrected chi connectivity index (χ3v) is 5.09. The molecule has 3 rings (SSSR count). The summed E-state index contributed by atoms with van der Waals surface area (Å²) < 4.78 is 1.74. The van der Waals surface area contributed by atoms with E-state index in [1.54, 1.807) is 29.4 Å². The number of aryl methyl sites for hydroxylation is 1. The van der Waals surface area contributed by atoms with Gasteiger partial charge in [0.05, 0.1) is 10.7 Å². The fourth-order valence-corrected chi connectivity index (χ4v) is 3.29. The summed E-state index contributed by atoms with van der Waals surface area (Å²) in [5.41, 5.74) is 2.16. The van der Waals surface area contributed by atoms with Crippen LogP contribution in [0.25, 0.3) is 5.69 Å². The van der Waals surface area contributed by atoms with Gasteiger partial charge >= 0.3 is 0 Å². The van der Waals surface area contributed by atoms with Crippen LogP contribution < -0.4 is 10.6 Å². The maximum absolute atomic E-state index is 4.44. The van der Waals surface area contributed by atoms with E-state index in [1.807, 2.05) is 18.3 Å². The van der Waals surface area contributed by atoms with Crippen molar-refractivity contribution in [3.8, 4) is 5.69 Å². The summed E-state index contributed by atoms with van der Waals surface area (Å²) in [6, 6.07) is 8.18. The Kier molecular flexibility index (Phi) is 8.65. The fraction of sp³-hybridized carbons (Fsp3) is 0.333. The van der Waals surface area contributed by atoms with Crippen LogP contribution in [0.5, 0.6) is 0 Å². The normalized spacial score (nSPS) is 11.1. The second-order valence-electron chi connectivity index (χ2n) is 5.68. The van der Waals surface area contributed by atoms with E-state index in [2.05, 4.69) is 49.7 Å². The molecule has 0 saturated heterocycles. The van der Waals surface area contributed by atoms with Gasteiger partial charge in [0, 0.05) is 37.6 Å². The number of guanidine groups is 1. The predicted octanol–water partition coefficient (Wildman–Crippen LogP) is 2.81. The molecule has 0 spiro atoms. The molecular weight excluding hydrogens is 473 g/mol. The molecule has 2 heterocycles.